The van der Waals surface area contributed by atoms with Crippen molar-refractivity contribution in [2.75, 3.05) is 51.3 Å². The van der Waals surface area contributed by atoms with Gasteiger partial charge in [-0.2, -0.15) is 0 Å². The van der Waals surface area contributed by atoms with Crippen LogP contribution in [0, 0.1) is 11.8 Å². The van der Waals surface area contributed by atoms with E-state index in [9.17, 15) is 9.59 Å². The van der Waals surface area contributed by atoms with Crippen molar-refractivity contribution in [1.82, 2.24) is 20.0 Å². The van der Waals surface area contributed by atoms with Crippen molar-refractivity contribution in [3.05, 3.63) is 36.4 Å². The average Bonchev–Trinajstić information content (AvgIpc) is 3.09. The van der Waals surface area contributed by atoms with Crippen molar-refractivity contribution in [3.8, 4) is 17.0 Å². The highest BCUT2D eigenvalue weighted by Gasteiger charge is 2.25. The molecule has 0 N–H and O–H groups in total. The summed E-state index contributed by atoms with van der Waals surface area (Å²) in [5.41, 5.74) is 1.79. The summed E-state index contributed by atoms with van der Waals surface area (Å²) in [4.78, 5) is 31.6. The van der Waals surface area contributed by atoms with Crippen molar-refractivity contribution in [2.45, 2.75) is 40.5 Å². The number of benzene rings is 1. The van der Waals surface area contributed by atoms with Crippen LogP contribution in [-0.4, -0.2) is 78.2 Å². The minimum Gasteiger partial charge on any atom is -0.497 e. The molecule has 35 heavy (non-hydrogen) atoms. The fourth-order valence-electron chi connectivity index (χ4n) is 4.24. The van der Waals surface area contributed by atoms with E-state index in [1.807, 2.05) is 55.1 Å². The lowest BCUT2D eigenvalue weighted by Gasteiger charge is -2.28. The molecule has 0 atom stereocenters. The lowest BCUT2D eigenvalue weighted by molar-refractivity contribution is -0.141. The van der Waals surface area contributed by atoms with Gasteiger partial charge in [0.1, 0.15) is 5.75 Å². The maximum absolute atomic E-state index is 13.1. The van der Waals surface area contributed by atoms with Crippen LogP contribution in [0.5, 0.6) is 5.75 Å². The highest BCUT2D eigenvalue weighted by Crippen LogP contribution is 2.22. The maximum atomic E-state index is 13.1. The third kappa shape index (κ3) is 7.67. The Morgan fingerprint density at radius 3 is 2.29 bits per heavy atom. The SMILES string of the molecule is COc1ccc(-c2ccc(N3CCCN(C(=O)CN(CC(C)C)C(=O)CC(C)C)CC3)nn2)cc1. The molecule has 3 rings (SSSR count). The first-order chi connectivity index (χ1) is 16.8. The van der Waals surface area contributed by atoms with Gasteiger partial charge in [0.05, 0.1) is 19.3 Å². The van der Waals surface area contributed by atoms with Gasteiger partial charge in [-0.05, 0) is 54.7 Å². The zero-order valence-corrected chi connectivity index (χ0v) is 21.7. The zero-order valence-electron chi connectivity index (χ0n) is 21.7. The molecule has 0 aliphatic carbocycles. The average molecular weight is 482 g/mol. The number of methoxy groups -OCH3 is 1. The second kappa shape index (κ2) is 12.5. The van der Waals surface area contributed by atoms with Crippen LogP contribution < -0.4 is 9.64 Å². The van der Waals surface area contributed by atoms with Gasteiger partial charge in [-0.25, -0.2) is 0 Å². The first-order valence-corrected chi connectivity index (χ1v) is 12.6. The van der Waals surface area contributed by atoms with Crippen molar-refractivity contribution in [3.63, 3.8) is 0 Å². The third-order valence-electron chi connectivity index (χ3n) is 6.06. The number of amides is 2. The van der Waals surface area contributed by atoms with E-state index >= 15 is 0 Å². The Morgan fingerprint density at radius 1 is 0.943 bits per heavy atom. The van der Waals surface area contributed by atoms with E-state index in [0.29, 0.717) is 38.5 Å². The van der Waals surface area contributed by atoms with Gasteiger partial charge >= 0.3 is 0 Å². The normalized spacial score (nSPS) is 14.3. The van der Waals surface area contributed by atoms with Crippen LogP contribution in [-0.2, 0) is 9.59 Å². The van der Waals surface area contributed by atoms with Crippen LogP contribution >= 0.6 is 0 Å². The Labute approximate surface area is 209 Å². The molecule has 1 saturated heterocycles. The van der Waals surface area contributed by atoms with E-state index in [-0.39, 0.29) is 24.3 Å². The highest BCUT2D eigenvalue weighted by atomic mass is 16.5. The van der Waals surface area contributed by atoms with Crippen LogP contribution in [0.15, 0.2) is 36.4 Å². The molecule has 1 aromatic heterocycles. The van der Waals surface area contributed by atoms with E-state index in [4.69, 9.17) is 4.74 Å². The first kappa shape index (κ1) is 26.4. The summed E-state index contributed by atoms with van der Waals surface area (Å²) in [5, 5.41) is 8.87. The molecule has 0 unspecified atom stereocenters. The van der Waals surface area contributed by atoms with Gasteiger partial charge in [0.15, 0.2) is 5.82 Å². The molecular weight excluding hydrogens is 442 g/mol. The monoisotopic (exact) mass is 481 g/mol. The zero-order chi connectivity index (χ0) is 25.4. The van der Waals surface area contributed by atoms with Gasteiger partial charge in [-0.1, -0.05) is 27.7 Å². The highest BCUT2D eigenvalue weighted by molar-refractivity contribution is 5.85. The van der Waals surface area contributed by atoms with Gasteiger partial charge in [0, 0.05) is 44.7 Å². The second-order valence-corrected chi connectivity index (χ2v) is 9.99. The summed E-state index contributed by atoms with van der Waals surface area (Å²) in [6.07, 6.45) is 1.32. The van der Waals surface area contributed by atoms with E-state index in [1.54, 1.807) is 12.0 Å². The molecular formula is C27H39N5O3. The lowest BCUT2D eigenvalue weighted by atomic mass is 10.1. The van der Waals surface area contributed by atoms with Gasteiger partial charge in [-0.15, -0.1) is 10.2 Å². The predicted molar refractivity (Wildman–Crippen MR) is 138 cm³/mol. The molecule has 8 nitrogen and oxygen atoms in total. The number of hydrogen-bond donors (Lipinski definition) is 0. The molecule has 0 saturated carbocycles. The molecule has 2 amide bonds. The van der Waals surface area contributed by atoms with E-state index in [1.165, 1.54) is 0 Å². The van der Waals surface area contributed by atoms with Gasteiger partial charge in [0.25, 0.3) is 0 Å². The molecule has 1 fully saturated rings. The fourth-order valence-corrected chi connectivity index (χ4v) is 4.24. The minimum absolute atomic E-state index is 0.0190. The number of carbonyl (C=O) groups excluding carboxylic acids is 2. The Balaban J connectivity index is 1.59. The van der Waals surface area contributed by atoms with E-state index in [0.717, 1.165) is 35.8 Å². The number of nitrogens with zero attached hydrogens (tertiary/aromatic N) is 5. The van der Waals surface area contributed by atoms with Crippen molar-refractivity contribution >= 4 is 17.6 Å². The number of anilines is 1. The van der Waals surface area contributed by atoms with Crippen molar-refractivity contribution in [2.24, 2.45) is 11.8 Å². The van der Waals surface area contributed by atoms with Gasteiger partial charge < -0.3 is 19.4 Å². The number of hydrogen-bond acceptors (Lipinski definition) is 6. The Bertz CT molecular complexity index is 960. The summed E-state index contributed by atoms with van der Waals surface area (Å²) in [7, 11) is 1.65. The molecule has 2 heterocycles. The van der Waals surface area contributed by atoms with E-state index in [2.05, 4.69) is 28.9 Å². The minimum atomic E-state index is 0.0190. The quantitative estimate of drug-likeness (QED) is 0.543. The summed E-state index contributed by atoms with van der Waals surface area (Å²) < 4.78 is 5.22. The standard InChI is InChI=1S/C27H39N5O3/c1-20(2)17-26(33)32(18-21(3)4)19-27(34)31-14-6-13-30(15-16-31)25-12-11-24(28-29-25)22-7-9-23(35-5)10-8-22/h7-12,20-21H,6,13-19H2,1-5H3. The molecule has 1 aliphatic heterocycles. The smallest absolute Gasteiger partial charge is 0.242 e. The predicted octanol–water partition coefficient (Wildman–Crippen LogP) is 3.72. The summed E-state index contributed by atoms with van der Waals surface area (Å²) in [5.74, 6) is 2.29. The van der Waals surface area contributed by atoms with Crippen LogP contribution in [0.2, 0.25) is 0 Å². The van der Waals surface area contributed by atoms with Crippen molar-refractivity contribution in [1.29, 1.82) is 0 Å². The van der Waals surface area contributed by atoms with Crippen molar-refractivity contribution < 1.29 is 14.3 Å². The number of rotatable bonds is 9. The van der Waals surface area contributed by atoms with Crippen LogP contribution in [0.25, 0.3) is 11.3 Å². The summed E-state index contributed by atoms with van der Waals surface area (Å²) in [6.45, 7) is 11.7. The molecule has 0 bridgehead atoms. The Kier molecular flexibility index (Phi) is 9.46. The molecule has 0 spiro atoms. The third-order valence-corrected chi connectivity index (χ3v) is 6.06. The molecule has 0 radical (unpaired) electrons. The van der Waals surface area contributed by atoms with Gasteiger partial charge in [-0.3, -0.25) is 9.59 Å². The van der Waals surface area contributed by atoms with Crippen LogP contribution in [0.3, 0.4) is 0 Å². The lowest BCUT2D eigenvalue weighted by Crippen LogP contribution is -2.45. The summed E-state index contributed by atoms with van der Waals surface area (Å²) in [6, 6.07) is 11.7. The maximum Gasteiger partial charge on any atom is 0.242 e. The molecule has 190 valence electrons. The topological polar surface area (TPSA) is 78.9 Å². The number of ether oxygens (including phenoxy) is 1. The van der Waals surface area contributed by atoms with E-state index < -0.39 is 0 Å². The fraction of sp³-hybridized carbons (Fsp3) is 0.556. The molecule has 2 aromatic rings. The largest absolute Gasteiger partial charge is 0.497 e. The van der Waals surface area contributed by atoms with Crippen LogP contribution in [0.4, 0.5) is 5.82 Å². The molecule has 1 aliphatic rings. The first-order valence-electron chi connectivity index (χ1n) is 12.6. The van der Waals surface area contributed by atoms with Gasteiger partial charge in [0.2, 0.25) is 11.8 Å². The Hall–Kier alpha value is -3.16. The summed E-state index contributed by atoms with van der Waals surface area (Å²) >= 11 is 0. The molecule has 8 heteroatoms. The molecule has 1 aromatic carbocycles. The Morgan fingerprint density at radius 2 is 1.69 bits per heavy atom. The van der Waals surface area contributed by atoms with Crippen LogP contribution in [0.1, 0.15) is 40.5 Å². The second-order valence-electron chi connectivity index (χ2n) is 9.99. The number of aromatic nitrogens is 2. The number of carbonyl (C=O) groups is 2.